The Morgan fingerprint density at radius 2 is 2.11 bits per heavy atom. The number of rotatable bonds is 5. The van der Waals surface area contributed by atoms with Gasteiger partial charge < -0.3 is 4.74 Å². The average Bonchev–Trinajstić information content (AvgIpc) is 2.77. The number of ketones is 1. The molecule has 0 N–H and O–H groups in total. The van der Waals surface area contributed by atoms with Crippen molar-refractivity contribution in [3.8, 4) is 5.75 Å². The van der Waals surface area contributed by atoms with Gasteiger partial charge in [0.25, 0.3) is 0 Å². The van der Waals surface area contributed by atoms with Gasteiger partial charge in [0.1, 0.15) is 11.5 Å². The molecule has 98 valence electrons. The largest absolute Gasteiger partial charge is 0.497 e. The molecule has 1 aromatic rings. The third-order valence-corrected chi connectivity index (χ3v) is 3.57. The summed E-state index contributed by atoms with van der Waals surface area (Å²) in [5, 5.41) is 0. The lowest BCUT2D eigenvalue weighted by Crippen LogP contribution is -2.30. The zero-order valence-electron chi connectivity index (χ0n) is 11.2. The molecule has 0 aliphatic carbocycles. The van der Waals surface area contributed by atoms with Gasteiger partial charge in [0.15, 0.2) is 0 Å². The van der Waals surface area contributed by atoms with E-state index in [2.05, 4.69) is 17.0 Å². The summed E-state index contributed by atoms with van der Waals surface area (Å²) in [4.78, 5) is 13.7. The maximum Gasteiger partial charge on any atom is 0.131 e. The maximum absolute atomic E-state index is 11.2. The standard InChI is InChI=1S/C15H21NO2/c1-12(17)10-14-4-3-9-16(14)11-13-5-7-15(18-2)8-6-13/h5-8,14H,3-4,9-11H2,1-2H3. The van der Waals surface area contributed by atoms with Gasteiger partial charge in [0.05, 0.1) is 7.11 Å². The fourth-order valence-corrected chi connectivity index (χ4v) is 2.63. The monoisotopic (exact) mass is 247 g/mol. The number of nitrogens with zero attached hydrogens (tertiary/aromatic N) is 1. The molecule has 0 bridgehead atoms. The number of hydrogen-bond acceptors (Lipinski definition) is 3. The van der Waals surface area contributed by atoms with Crippen LogP contribution in [-0.4, -0.2) is 30.4 Å². The minimum absolute atomic E-state index is 0.293. The van der Waals surface area contributed by atoms with E-state index in [4.69, 9.17) is 4.74 Å². The predicted octanol–water partition coefficient (Wildman–Crippen LogP) is 2.64. The quantitative estimate of drug-likeness (QED) is 0.801. The van der Waals surface area contributed by atoms with Crippen LogP contribution >= 0.6 is 0 Å². The number of methoxy groups -OCH3 is 1. The minimum atomic E-state index is 0.293. The van der Waals surface area contributed by atoms with Crippen LogP contribution in [0.1, 0.15) is 31.7 Å². The maximum atomic E-state index is 11.2. The van der Waals surface area contributed by atoms with Crippen LogP contribution in [0.25, 0.3) is 0 Å². The topological polar surface area (TPSA) is 29.5 Å². The average molecular weight is 247 g/mol. The Bertz CT molecular complexity index is 399. The number of likely N-dealkylation sites (tertiary alicyclic amines) is 1. The second kappa shape index (κ2) is 6.01. The number of Topliss-reactive ketones (excluding diaryl/α,β-unsaturated/α-hetero) is 1. The lowest BCUT2D eigenvalue weighted by molar-refractivity contribution is -0.118. The molecule has 1 heterocycles. The van der Waals surface area contributed by atoms with Gasteiger partial charge in [0.2, 0.25) is 0 Å². The van der Waals surface area contributed by atoms with E-state index in [1.807, 2.05) is 12.1 Å². The van der Waals surface area contributed by atoms with Crippen LogP contribution in [0, 0.1) is 0 Å². The van der Waals surface area contributed by atoms with E-state index in [1.54, 1.807) is 14.0 Å². The Morgan fingerprint density at radius 3 is 2.72 bits per heavy atom. The van der Waals surface area contributed by atoms with Crippen molar-refractivity contribution in [1.82, 2.24) is 4.90 Å². The molecule has 18 heavy (non-hydrogen) atoms. The molecule has 1 aromatic carbocycles. The Kier molecular flexibility index (Phi) is 4.37. The molecule has 0 radical (unpaired) electrons. The molecule has 1 saturated heterocycles. The van der Waals surface area contributed by atoms with E-state index >= 15 is 0 Å². The fourth-order valence-electron chi connectivity index (χ4n) is 2.63. The molecule has 1 aliphatic heterocycles. The van der Waals surface area contributed by atoms with Crippen molar-refractivity contribution < 1.29 is 9.53 Å². The van der Waals surface area contributed by atoms with Gasteiger partial charge in [-0.25, -0.2) is 0 Å². The van der Waals surface area contributed by atoms with E-state index in [9.17, 15) is 4.79 Å². The SMILES string of the molecule is COc1ccc(CN2CCCC2CC(C)=O)cc1. The van der Waals surface area contributed by atoms with Gasteiger partial charge in [-0.2, -0.15) is 0 Å². The van der Waals surface area contributed by atoms with Crippen LogP contribution in [0.3, 0.4) is 0 Å². The Hall–Kier alpha value is -1.35. The number of carbonyl (C=O) groups excluding carboxylic acids is 1. The summed E-state index contributed by atoms with van der Waals surface area (Å²) in [6.07, 6.45) is 3.04. The first-order valence-electron chi connectivity index (χ1n) is 6.55. The summed E-state index contributed by atoms with van der Waals surface area (Å²) < 4.78 is 5.15. The van der Waals surface area contributed by atoms with Gasteiger partial charge in [0, 0.05) is 19.0 Å². The van der Waals surface area contributed by atoms with Crippen LogP contribution in [0.2, 0.25) is 0 Å². The molecular weight excluding hydrogens is 226 g/mol. The Morgan fingerprint density at radius 1 is 1.39 bits per heavy atom. The normalized spacial score (nSPS) is 20.0. The summed E-state index contributed by atoms with van der Waals surface area (Å²) in [5.74, 6) is 1.18. The summed E-state index contributed by atoms with van der Waals surface area (Å²) in [5.41, 5.74) is 1.28. The first-order chi connectivity index (χ1) is 8.69. The van der Waals surface area contributed by atoms with Gasteiger partial charge >= 0.3 is 0 Å². The van der Waals surface area contributed by atoms with Crippen LogP contribution in [0.4, 0.5) is 0 Å². The smallest absolute Gasteiger partial charge is 0.131 e. The van der Waals surface area contributed by atoms with E-state index in [0.29, 0.717) is 18.2 Å². The van der Waals surface area contributed by atoms with E-state index < -0.39 is 0 Å². The highest BCUT2D eigenvalue weighted by atomic mass is 16.5. The molecule has 3 heteroatoms. The number of carbonyl (C=O) groups is 1. The number of hydrogen-bond donors (Lipinski definition) is 0. The number of benzene rings is 1. The molecule has 0 aromatic heterocycles. The Balaban J connectivity index is 1.96. The van der Waals surface area contributed by atoms with Crippen molar-refractivity contribution >= 4 is 5.78 Å². The molecule has 0 amide bonds. The highest BCUT2D eigenvalue weighted by Gasteiger charge is 2.25. The van der Waals surface area contributed by atoms with Crippen molar-refractivity contribution in [2.24, 2.45) is 0 Å². The predicted molar refractivity (Wildman–Crippen MR) is 71.7 cm³/mol. The van der Waals surface area contributed by atoms with Gasteiger partial charge in [-0.3, -0.25) is 9.69 Å². The van der Waals surface area contributed by atoms with Crippen molar-refractivity contribution in [2.75, 3.05) is 13.7 Å². The molecule has 1 fully saturated rings. The summed E-state index contributed by atoms with van der Waals surface area (Å²) >= 11 is 0. The number of ether oxygens (including phenoxy) is 1. The molecule has 1 aliphatic rings. The highest BCUT2D eigenvalue weighted by molar-refractivity contribution is 5.76. The van der Waals surface area contributed by atoms with Crippen molar-refractivity contribution in [3.05, 3.63) is 29.8 Å². The third kappa shape index (κ3) is 3.33. The molecule has 3 nitrogen and oxygen atoms in total. The van der Waals surface area contributed by atoms with E-state index in [1.165, 1.54) is 12.0 Å². The van der Waals surface area contributed by atoms with Gasteiger partial charge in [-0.05, 0) is 44.0 Å². The lowest BCUT2D eigenvalue weighted by Gasteiger charge is -2.23. The minimum Gasteiger partial charge on any atom is -0.497 e. The van der Waals surface area contributed by atoms with E-state index in [-0.39, 0.29) is 0 Å². The van der Waals surface area contributed by atoms with Crippen LogP contribution < -0.4 is 4.74 Å². The van der Waals surface area contributed by atoms with Crippen molar-refractivity contribution in [3.63, 3.8) is 0 Å². The summed E-state index contributed by atoms with van der Waals surface area (Å²) in [7, 11) is 1.68. The van der Waals surface area contributed by atoms with E-state index in [0.717, 1.165) is 25.3 Å². The van der Waals surface area contributed by atoms with Crippen molar-refractivity contribution in [1.29, 1.82) is 0 Å². The van der Waals surface area contributed by atoms with Crippen LogP contribution in [-0.2, 0) is 11.3 Å². The Labute approximate surface area is 109 Å². The second-order valence-electron chi connectivity index (χ2n) is 5.02. The first kappa shape index (κ1) is 13.1. The molecule has 1 unspecified atom stereocenters. The van der Waals surface area contributed by atoms with Crippen LogP contribution in [0.5, 0.6) is 5.75 Å². The highest BCUT2D eigenvalue weighted by Crippen LogP contribution is 2.23. The molecular formula is C15H21NO2. The van der Waals surface area contributed by atoms with Crippen molar-refractivity contribution in [2.45, 2.75) is 38.8 Å². The summed E-state index contributed by atoms with van der Waals surface area (Å²) in [6, 6.07) is 8.62. The zero-order chi connectivity index (χ0) is 13.0. The molecule has 0 saturated carbocycles. The first-order valence-corrected chi connectivity index (χ1v) is 6.55. The molecule has 1 atom stereocenters. The van der Waals surface area contributed by atoms with Crippen LogP contribution in [0.15, 0.2) is 24.3 Å². The van der Waals surface area contributed by atoms with Gasteiger partial charge in [-0.1, -0.05) is 12.1 Å². The second-order valence-corrected chi connectivity index (χ2v) is 5.02. The molecule has 0 spiro atoms. The summed E-state index contributed by atoms with van der Waals surface area (Å²) in [6.45, 7) is 3.72. The molecule has 2 rings (SSSR count). The third-order valence-electron chi connectivity index (χ3n) is 3.57. The zero-order valence-corrected chi connectivity index (χ0v) is 11.2. The fraction of sp³-hybridized carbons (Fsp3) is 0.533. The van der Waals surface area contributed by atoms with Gasteiger partial charge in [-0.15, -0.1) is 0 Å². The lowest BCUT2D eigenvalue weighted by atomic mass is 10.1.